The normalized spacial score (nSPS) is 17.1. The Morgan fingerprint density at radius 1 is 1.45 bits per heavy atom. The van der Waals surface area contributed by atoms with Gasteiger partial charge >= 0.3 is 0 Å². The number of nitrogens with one attached hydrogen (secondary N) is 1. The number of aryl methyl sites for hydroxylation is 1. The van der Waals surface area contributed by atoms with Crippen molar-refractivity contribution < 1.29 is 19.4 Å². The van der Waals surface area contributed by atoms with Gasteiger partial charge in [0.15, 0.2) is 6.29 Å². The predicted molar refractivity (Wildman–Crippen MR) is 84.0 cm³/mol. The lowest BCUT2D eigenvalue weighted by Gasteiger charge is -2.19. The van der Waals surface area contributed by atoms with E-state index in [1.54, 1.807) is 0 Å². The van der Waals surface area contributed by atoms with Crippen molar-refractivity contribution in [3.8, 4) is 0 Å². The third-order valence-corrected chi connectivity index (χ3v) is 4.35. The fraction of sp³-hybridized carbons (Fsp3) is 0.733. The van der Waals surface area contributed by atoms with Gasteiger partial charge in [0.1, 0.15) is 4.88 Å². The van der Waals surface area contributed by atoms with Crippen molar-refractivity contribution in [2.45, 2.75) is 45.9 Å². The van der Waals surface area contributed by atoms with Crippen LogP contribution >= 0.6 is 11.3 Å². The molecule has 1 unspecified atom stereocenters. The van der Waals surface area contributed by atoms with E-state index in [4.69, 9.17) is 9.47 Å². The van der Waals surface area contributed by atoms with Gasteiger partial charge in [-0.25, -0.2) is 4.98 Å². The van der Waals surface area contributed by atoms with Crippen molar-refractivity contribution in [2.24, 2.45) is 5.92 Å². The van der Waals surface area contributed by atoms with E-state index in [0.717, 1.165) is 17.1 Å². The molecule has 2 N–H and O–H groups in total. The molecule has 1 fully saturated rings. The number of carbonyl (C=O) groups is 1. The van der Waals surface area contributed by atoms with Gasteiger partial charge in [0, 0.05) is 6.42 Å². The zero-order valence-electron chi connectivity index (χ0n) is 13.3. The van der Waals surface area contributed by atoms with Gasteiger partial charge in [-0.05, 0) is 19.3 Å². The third-order valence-electron chi connectivity index (χ3n) is 3.34. The number of nitrogens with zero attached hydrogens (tertiary/aromatic N) is 1. The second-order valence-electron chi connectivity index (χ2n) is 5.87. The maximum atomic E-state index is 12.5. The summed E-state index contributed by atoms with van der Waals surface area (Å²) in [6.45, 7) is 7.07. The summed E-state index contributed by atoms with van der Waals surface area (Å²) in [6.07, 6.45) is 0.862. The van der Waals surface area contributed by atoms with Crippen LogP contribution in [0.4, 0.5) is 0 Å². The van der Waals surface area contributed by atoms with Crippen molar-refractivity contribution in [3.05, 3.63) is 15.6 Å². The summed E-state index contributed by atoms with van der Waals surface area (Å²) in [7, 11) is 0. The molecule has 22 heavy (non-hydrogen) atoms. The van der Waals surface area contributed by atoms with Crippen molar-refractivity contribution in [2.75, 3.05) is 19.8 Å². The van der Waals surface area contributed by atoms with E-state index >= 15 is 0 Å². The fourth-order valence-electron chi connectivity index (χ4n) is 2.38. The first-order valence-corrected chi connectivity index (χ1v) is 8.42. The molecule has 124 valence electrons. The van der Waals surface area contributed by atoms with Crippen LogP contribution < -0.4 is 5.32 Å². The Morgan fingerprint density at radius 3 is 2.73 bits per heavy atom. The molecule has 1 aromatic rings. The number of hydrogen-bond acceptors (Lipinski definition) is 6. The first-order chi connectivity index (χ1) is 10.5. The minimum Gasteiger partial charge on any atom is -0.394 e. The average molecular weight is 328 g/mol. The van der Waals surface area contributed by atoms with Gasteiger partial charge in [-0.1, -0.05) is 13.8 Å². The molecule has 0 aliphatic carbocycles. The number of hydrogen-bond donors (Lipinski definition) is 2. The molecular weight excluding hydrogens is 304 g/mol. The third kappa shape index (κ3) is 4.74. The number of aliphatic hydroxyl groups excluding tert-OH is 1. The van der Waals surface area contributed by atoms with E-state index in [0.29, 0.717) is 30.4 Å². The number of amides is 1. The highest BCUT2D eigenvalue weighted by Gasteiger charge is 2.24. The van der Waals surface area contributed by atoms with Crippen LogP contribution in [0.25, 0.3) is 0 Å². The van der Waals surface area contributed by atoms with E-state index in [1.807, 2.05) is 6.92 Å². The van der Waals surface area contributed by atoms with E-state index in [-0.39, 0.29) is 24.8 Å². The molecule has 1 amide bonds. The van der Waals surface area contributed by atoms with E-state index in [9.17, 15) is 9.90 Å². The van der Waals surface area contributed by atoms with Gasteiger partial charge in [0.2, 0.25) is 0 Å². The van der Waals surface area contributed by atoms with Gasteiger partial charge in [-0.3, -0.25) is 4.79 Å². The fourth-order valence-corrected chi connectivity index (χ4v) is 3.23. The van der Waals surface area contributed by atoms with Crippen molar-refractivity contribution in [1.29, 1.82) is 0 Å². The molecule has 0 spiro atoms. The molecule has 1 aromatic heterocycles. The van der Waals surface area contributed by atoms with Gasteiger partial charge in [0.25, 0.3) is 5.91 Å². The maximum Gasteiger partial charge on any atom is 0.263 e. The predicted octanol–water partition coefficient (Wildman–Crippen LogP) is 1.50. The molecule has 6 nitrogen and oxygen atoms in total. The number of carbonyl (C=O) groups excluding carboxylic acids is 1. The maximum absolute atomic E-state index is 12.5. The van der Waals surface area contributed by atoms with Crippen LogP contribution in [0.1, 0.15) is 40.6 Å². The van der Waals surface area contributed by atoms with Crippen LogP contribution in [0.3, 0.4) is 0 Å². The largest absolute Gasteiger partial charge is 0.394 e. The molecule has 1 atom stereocenters. The molecule has 0 bridgehead atoms. The highest BCUT2D eigenvalue weighted by molar-refractivity contribution is 7.13. The molecule has 0 aromatic carbocycles. The van der Waals surface area contributed by atoms with E-state index < -0.39 is 0 Å². The van der Waals surface area contributed by atoms with Crippen LogP contribution in [0.15, 0.2) is 0 Å². The second kappa shape index (κ2) is 8.01. The Balaban J connectivity index is 2.00. The summed E-state index contributed by atoms with van der Waals surface area (Å²) in [5.74, 6) is 0.250. The van der Waals surface area contributed by atoms with Crippen molar-refractivity contribution >= 4 is 17.2 Å². The SMILES string of the molecule is Cc1nc(CC(C)C)c(C(=O)NC(CO)CC2OCCO2)s1. The minimum atomic E-state index is -0.384. The highest BCUT2D eigenvalue weighted by Crippen LogP contribution is 2.21. The Bertz CT molecular complexity index is 498. The van der Waals surface area contributed by atoms with Gasteiger partial charge < -0.3 is 19.9 Å². The molecule has 2 rings (SSSR count). The number of aromatic nitrogens is 1. The van der Waals surface area contributed by atoms with E-state index in [1.165, 1.54) is 11.3 Å². The quantitative estimate of drug-likeness (QED) is 0.793. The molecule has 1 aliphatic heterocycles. The summed E-state index contributed by atoms with van der Waals surface area (Å²) in [5, 5.41) is 13.2. The number of thiazole rings is 1. The number of rotatable bonds is 7. The molecule has 2 heterocycles. The first-order valence-electron chi connectivity index (χ1n) is 7.60. The monoisotopic (exact) mass is 328 g/mol. The Hall–Kier alpha value is -1.02. The van der Waals surface area contributed by atoms with Gasteiger partial charge in [0.05, 0.1) is 36.6 Å². The summed E-state index contributed by atoms with van der Waals surface area (Å²) in [6, 6.07) is -0.384. The number of ether oxygens (including phenoxy) is 2. The summed E-state index contributed by atoms with van der Waals surface area (Å²) in [5.41, 5.74) is 0.833. The summed E-state index contributed by atoms with van der Waals surface area (Å²) < 4.78 is 10.7. The lowest BCUT2D eigenvalue weighted by Crippen LogP contribution is -2.40. The summed E-state index contributed by atoms with van der Waals surface area (Å²) >= 11 is 1.39. The lowest BCUT2D eigenvalue weighted by atomic mass is 10.1. The lowest BCUT2D eigenvalue weighted by molar-refractivity contribution is -0.0552. The Kier molecular flexibility index (Phi) is 6.31. The highest BCUT2D eigenvalue weighted by atomic mass is 32.1. The molecule has 1 saturated heterocycles. The zero-order chi connectivity index (χ0) is 16.1. The summed E-state index contributed by atoms with van der Waals surface area (Å²) in [4.78, 5) is 17.6. The van der Waals surface area contributed by atoms with Crippen LogP contribution in [0.2, 0.25) is 0 Å². The van der Waals surface area contributed by atoms with Gasteiger partial charge in [-0.2, -0.15) is 0 Å². The smallest absolute Gasteiger partial charge is 0.263 e. The van der Waals surface area contributed by atoms with Crippen molar-refractivity contribution in [1.82, 2.24) is 10.3 Å². The van der Waals surface area contributed by atoms with E-state index in [2.05, 4.69) is 24.1 Å². The molecular formula is C15H24N2O4S. The topological polar surface area (TPSA) is 80.7 Å². The molecule has 1 aliphatic rings. The first kappa shape index (κ1) is 17.3. The molecule has 0 radical (unpaired) electrons. The van der Waals surface area contributed by atoms with Crippen LogP contribution in [-0.2, 0) is 15.9 Å². The zero-order valence-corrected chi connectivity index (χ0v) is 14.1. The van der Waals surface area contributed by atoms with Crippen LogP contribution in [0.5, 0.6) is 0 Å². The Morgan fingerprint density at radius 2 is 2.14 bits per heavy atom. The number of aliphatic hydroxyl groups is 1. The average Bonchev–Trinajstić information content (AvgIpc) is 3.07. The van der Waals surface area contributed by atoms with Crippen molar-refractivity contribution in [3.63, 3.8) is 0 Å². The standard InChI is InChI=1S/C15H24N2O4S/c1-9(2)6-12-14(22-10(3)16-12)15(19)17-11(8-18)7-13-20-4-5-21-13/h9,11,13,18H,4-8H2,1-3H3,(H,17,19). The van der Waals surface area contributed by atoms with Gasteiger partial charge in [-0.15, -0.1) is 11.3 Å². The van der Waals surface area contributed by atoms with Crippen LogP contribution in [0, 0.1) is 12.8 Å². The minimum absolute atomic E-state index is 0.147. The Labute approximate surface area is 134 Å². The molecule has 0 saturated carbocycles. The second-order valence-corrected chi connectivity index (χ2v) is 7.07. The van der Waals surface area contributed by atoms with Crippen LogP contribution in [-0.4, -0.2) is 48.2 Å². The molecule has 7 heteroatoms.